The first kappa shape index (κ1) is 9.73. The second kappa shape index (κ2) is 3.53. The van der Waals surface area contributed by atoms with E-state index in [2.05, 4.69) is 24.3 Å². The van der Waals surface area contributed by atoms with Crippen molar-refractivity contribution in [2.24, 2.45) is 5.73 Å². The standard InChI is InChI=1S/C13H17NS/c14-9-13(5-6-13)12-3-1-10(2-4-12)11-7-15-8-11/h1-4,11H,5-9,14H2. The highest BCUT2D eigenvalue weighted by atomic mass is 32.2. The van der Waals surface area contributed by atoms with Gasteiger partial charge in [-0.05, 0) is 24.0 Å². The molecular weight excluding hydrogens is 202 g/mol. The van der Waals surface area contributed by atoms with Crippen molar-refractivity contribution >= 4 is 11.8 Å². The number of benzene rings is 1. The minimum atomic E-state index is 0.354. The van der Waals surface area contributed by atoms with Gasteiger partial charge in [-0.3, -0.25) is 0 Å². The molecule has 2 aliphatic rings. The summed E-state index contributed by atoms with van der Waals surface area (Å²) < 4.78 is 0. The Morgan fingerprint density at radius 1 is 1.20 bits per heavy atom. The molecular formula is C13H17NS. The van der Waals surface area contributed by atoms with Gasteiger partial charge in [0.25, 0.3) is 0 Å². The summed E-state index contributed by atoms with van der Waals surface area (Å²) in [5, 5.41) is 0. The quantitative estimate of drug-likeness (QED) is 0.845. The fraction of sp³-hybridized carbons (Fsp3) is 0.538. The van der Waals surface area contributed by atoms with E-state index in [0.717, 1.165) is 12.5 Å². The number of hydrogen-bond donors (Lipinski definition) is 1. The zero-order chi connectivity index (χ0) is 10.3. The summed E-state index contributed by atoms with van der Waals surface area (Å²) in [5.41, 5.74) is 9.16. The molecule has 15 heavy (non-hydrogen) atoms. The molecule has 1 aliphatic carbocycles. The van der Waals surface area contributed by atoms with Crippen molar-refractivity contribution in [1.82, 2.24) is 0 Å². The highest BCUT2D eigenvalue weighted by molar-refractivity contribution is 8.00. The summed E-state index contributed by atoms with van der Waals surface area (Å²) in [6.07, 6.45) is 2.56. The minimum absolute atomic E-state index is 0.354. The van der Waals surface area contributed by atoms with Gasteiger partial charge in [-0.1, -0.05) is 24.3 Å². The Morgan fingerprint density at radius 3 is 2.27 bits per heavy atom. The largest absolute Gasteiger partial charge is 0.330 e. The van der Waals surface area contributed by atoms with E-state index < -0.39 is 0 Å². The molecule has 0 radical (unpaired) electrons. The molecule has 0 bridgehead atoms. The number of nitrogens with two attached hydrogens (primary N) is 1. The van der Waals surface area contributed by atoms with Crippen molar-refractivity contribution < 1.29 is 0 Å². The van der Waals surface area contributed by atoms with Crippen molar-refractivity contribution in [3.05, 3.63) is 35.4 Å². The first-order valence-corrected chi connectivity index (χ1v) is 6.88. The van der Waals surface area contributed by atoms with Gasteiger partial charge in [0.1, 0.15) is 0 Å². The Kier molecular flexibility index (Phi) is 2.29. The zero-order valence-electron chi connectivity index (χ0n) is 8.91. The highest BCUT2D eigenvalue weighted by Crippen LogP contribution is 2.47. The molecule has 2 N–H and O–H groups in total. The van der Waals surface area contributed by atoms with Crippen LogP contribution in [-0.4, -0.2) is 18.1 Å². The summed E-state index contributed by atoms with van der Waals surface area (Å²) in [6, 6.07) is 9.24. The molecule has 1 aliphatic heterocycles. The van der Waals surface area contributed by atoms with Crippen LogP contribution in [0.2, 0.25) is 0 Å². The third-order valence-electron chi connectivity index (χ3n) is 3.88. The van der Waals surface area contributed by atoms with E-state index in [1.54, 1.807) is 0 Å². The average Bonchev–Trinajstić information content (AvgIpc) is 2.97. The van der Waals surface area contributed by atoms with Crippen molar-refractivity contribution in [2.75, 3.05) is 18.1 Å². The van der Waals surface area contributed by atoms with Crippen LogP contribution in [0, 0.1) is 0 Å². The molecule has 0 unspecified atom stereocenters. The summed E-state index contributed by atoms with van der Waals surface area (Å²) in [6.45, 7) is 0.811. The van der Waals surface area contributed by atoms with Gasteiger partial charge in [-0.15, -0.1) is 0 Å². The first-order chi connectivity index (χ1) is 7.34. The molecule has 1 aromatic carbocycles. The third kappa shape index (κ3) is 1.60. The second-order valence-electron chi connectivity index (χ2n) is 4.84. The Balaban J connectivity index is 1.81. The smallest absolute Gasteiger partial charge is 0.00762 e. The maximum Gasteiger partial charge on any atom is 0.00762 e. The molecule has 1 saturated heterocycles. The second-order valence-corrected chi connectivity index (χ2v) is 5.92. The molecule has 2 heteroatoms. The van der Waals surface area contributed by atoms with Gasteiger partial charge in [0.2, 0.25) is 0 Å². The lowest BCUT2D eigenvalue weighted by Crippen LogP contribution is -2.20. The molecule has 2 fully saturated rings. The lowest BCUT2D eigenvalue weighted by molar-refractivity contribution is 0.703. The monoisotopic (exact) mass is 219 g/mol. The van der Waals surface area contributed by atoms with Crippen molar-refractivity contribution in [3.8, 4) is 0 Å². The van der Waals surface area contributed by atoms with Gasteiger partial charge < -0.3 is 5.73 Å². The first-order valence-electron chi connectivity index (χ1n) is 5.72. The molecule has 0 spiro atoms. The molecule has 3 rings (SSSR count). The molecule has 0 atom stereocenters. The maximum atomic E-state index is 5.83. The number of thioether (sulfide) groups is 1. The predicted molar refractivity (Wildman–Crippen MR) is 66.5 cm³/mol. The lowest BCUT2D eigenvalue weighted by Gasteiger charge is -2.25. The van der Waals surface area contributed by atoms with E-state index in [1.165, 1.54) is 35.5 Å². The molecule has 1 nitrogen and oxygen atoms in total. The van der Waals surface area contributed by atoms with E-state index in [0.29, 0.717) is 5.41 Å². The Bertz CT molecular complexity index is 349. The molecule has 80 valence electrons. The average molecular weight is 219 g/mol. The molecule has 0 amide bonds. The van der Waals surface area contributed by atoms with Crippen molar-refractivity contribution in [3.63, 3.8) is 0 Å². The van der Waals surface area contributed by atoms with Crippen LogP contribution in [0.15, 0.2) is 24.3 Å². The van der Waals surface area contributed by atoms with E-state index in [1.807, 2.05) is 11.8 Å². The normalized spacial score (nSPS) is 23.5. The number of hydrogen-bond acceptors (Lipinski definition) is 2. The van der Waals surface area contributed by atoms with Crippen LogP contribution < -0.4 is 5.73 Å². The Morgan fingerprint density at radius 2 is 1.87 bits per heavy atom. The van der Waals surface area contributed by atoms with Gasteiger partial charge >= 0.3 is 0 Å². The van der Waals surface area contributed by atoms with Crippen LogP contribution in [-0.2, 0) is 5.41 Å². The van der Waals surface area contributed by atoms with Gasteiger partial charge in [0.05, 0.1) is 0 Å². The van der Waals surface area contributed by atoms with Gasteiger partial charge in [0, 0.05) is 29.4 Å². The molecule has 1 aromatic rings. The lowest BCUT2D eigenvalue weighted by atomic mass is 9.93. The van der Waals surface area contributed by atoms with Crippen molar-refractivity contribution in [2.45, 2.75) is 24.2 Å². The summed E-state index contributed by atoms with van der Waals surface area (Å²) in [7, 11) is 0. The fourth-order valence-corrected chi connectivity index (χ4v) is 3.15. The van der Waals surface area contributed by atoms with E-state index in [9.17, 15) is 0 Å². The Hall–Kier alpha value is -0.470. The van der Waals surface area contributed by atoms with Crippen LogP contribution in [0.4, 0.5) is 0 Å². The topological polar surface area (TPSA) is 26.0 Å². The Labute approximate surface area is 95.4 Å². The fourth-order valence-electron chi connectivity index (χ4n) is 2.30. The molecule has 0 aromatic heterocycles. The van der Waals surface area contributed by atoms with Gasteiger partial charge in [0.15, 0.2) is 0 Å². The van der Waals surface area contributed by atoms with Crippen LogP contribution in [0.1, 0.15) is 29.9 Å². The van der Waals surface area contributed by atoms with Crippen LogP contribution in [0.3, 0.4) is 0 Å². The summed E-state index contributed by atoms with van der Waals surface area (Å²) in [4.78, 5) is 0. The maximum absolute atomic E-state index is 5.83. The van der Waals surface area contributed by atoms with Crippen LogP contribution in [0.25, 0.3) is 0 Å². The van der Waals surface area contributed by atoms with E-state index in [4.69, 9.17) is 5.73 Å². The highest BCUT2D eigenvalue weighted by Gasteiger charge is 2.42. The minimum Gasteiger partial charge on any atom is -0.330 e. The third-order valence-corrected chi connectivity index (χ3v) is 5.15. The van der Waals surface area contributed by atoms with Crippen LogP contribution in [0.5, 0.6) is 0 Å². The zero-order valence-corrected chi connectivity index (χ0v) is 9.72. The van der Waals surface area contributed by atoms with Gasteiger partial charge in [-0.25, -0.2) is 0 Å². The molecule has 1 saturated carbocycles. The summed E-state index contributed by atoms with van der Waals surface area (Å²) in [5.74, 6) is 3.43. The van der Waals surface area contributed by atoms with Crippen molar-refractivity contribution in [1.29, 1.82) is 0 Å². The predicted octanol–water partition coefficient (Wildman–Crippen LogP) is 2.51. The molecule has 1 heterocycles. The summed E-state index contributed by atoms with van der Waals surface area (Å²) >= 11 is 2.05. The number of rotatable bonds is 3. The van der Waals surface area contributed by atoms with E-state index in [-0.39, 0.29) is 0 Å². The van der Waals surface area contributed by atoms with E-state index >= 15 is 0 Å². The van der Waals surface area contributed by atoms with Crippen LogP contribution >= 0.6 is 11.8 Å². The van der Waals surface area contributed by atoms with Gasteiger partial charge in [-0.2, -0.15) is 11.8 Å². The SMILES string of the molecule is NCC1(c2ccc(C3CSC3)cc2)CC1.